The largest absolute Gasteiger partial charge is 0.478 e. The predicted molar refractivity (Wildman–Crippen MR) is 71.9 cm³/mol. The number of carboxylic acids is 1. The summed E-state index contributed by atoms with van der Waals surface area (Å²) in [5.41, 5.74) is 0.302. The lowest BCUT2D eigenvalue weighted by Crippen LogP contribution is -2.25. The topological polar surface area (TPSA) is 75.6 Å². The van der Waals surface area contributed by atoms with Gasteiger partial charge in [0.1, 0.15) is 5.82 Å². The van der Waals surface area contributed by atoms with E-state index in [1.165, 1.54) is 12.1 Å². The summed E-state index contributed by atoms with van der Waals surface area (Å²) in [6.45, 7) is 0.975. The van der Waals surface area contributed by atoms with E-state index in [1.54, 1.807) is 7.11 Å². The number of aliphatic carboxylic acids is 1. The fourth-order valence-corrected chi connectivity index (χ4v) is 1.49. The van der Waals surface area contributed by atoms with Crippen molar-refractivity contribution in [3.8, 4) is 0 Å². The first kappa shape index (κ1) is 15.8. The molecular weight excluding hydrogens is 265 g/mol. The van der Waals surface area contributed by atoms with Gasteiger partial charge in [0.25, 0.3) is 5.91 Å². The van der Waals surface area contributed by atoms with Crippen LogP contribution in [0.5, 0.6) is 0 Å². The van der Waals surface area contributed by atoms with Crippen LogP contribution in [0.4, 0.5) is 4.39 Å². The maximum atomic E-state index is 13.7. The summed E-state index contributed by atoms with van der Waals surface area (Å²) in [4.78, 5) is 22.1. The summed E-state index contributed by atoms with van der Waals surface area (Å²) < 4.78 is 18.5. The Morgan fingerprint density at radius 1 is 1.45 bits per heavy atom. The molecular formula is C14H16FNO4. The molecule has 6 heteroatoms. The number of rotatable bonds is 7. The van der Waals surface area contributed by atoms with Gasteiger partial charge < -0.3 is 15.2 Å². The number of amides is 1. The summed E-state index contributed by atoms with van der Waals surface area (Å²) in [6, 6.07) is 3.88. The Morgan fingerprint density at radius 3 is 2.80 bits per heavy atom. The van der Waals surface area contributed by atoms with Crippen LogP contribution in [0.25, 0.3) is 6.08 Å². The maximum absolute atomic E-state index is 13.7. The van der Waals surface area contributed by atoms with E-state index in [1.807, 2.05) is 0 Å². The van der Waals surface area contributed by atoms with Crippen molar-refractivity contribution in [2.75, 3.05) is 20.3 Å². The molecule has 2 N–H and O–H groups in total. The van der Waals surface area contributed by atoms with Gasteiger partial charge in [-0.25, -0.2) is 9.18 Å². The normalized spacial score (nSPS) is 10.7. The second-order valence-electron chi connectivity index (χ2n) is 4.01. The van der Waals surface area contributed by atoms with Crippen LogP contribution >= 0.6 is 0 Å². The Labute approximate surface area is 116 Å². The van der Waals surface area contributed by atoms with Gasteiger partial charge in [0.05, 0.1) is 0 Å². The van der Waals surface area contributed by atoms with E-state index in [2.05, 4.69) is 5.32 Å². The second-order valence-corrected chi connectivity index (χ2v) is 4.01. The number of carbonyl (C=O) groups excluding carboxylic acids is 1. The Kier molecular flexibility index (Phi) is 6.39. The summed E-state index contributed by atoms with van der Waals surface area (Å²) in [7, 11) is 1.57. The first-order valence-corrected chi connectivity index (χ1v) is 6.02. The van der Waals surface area contributed by atoms with Gasteiger partial charge in [0.15, 0.2) is 0 Å². The molecule has 20 heavy (non-hydrogen) atoms. The van der Waals surface area contributed by atoms with Crippen LogP contribution < -0.4 is 5.32 Å². The average Bonchev–Trinajstić information content (AvgIpc) is 2.41. The van der Waals surface area contributed by atoms with Crippen molar-refractivity contribution in [2.45, 2.75) is 6.42 Å². The summed E-state index contributed by atoms with van der Waals surface area (Å²) >= 11 is 0. The van der Waals surface area contributed by atoms with Crippen LogP contribution in [0.1, 0.15) is 22.3 Å². The Bertz CT molecular complexity index is 514. The zero-order valence-electron chi connectivity index (χ0n) is 11.1. The molecule has 0 bridgehead atoms. The molecule has 1 amide bonds. The highest BCUT2D eigenvalue weighted by Gasteiger charge is 2.08. The fraction of sp³-hybridized carbons (Fsp3) is 0.286. The Balaban J connectivity index is 2.66. The second kappa shape index (κ2) is 8.06. The zero-order valence-corrected chi connectivity index (χ0v) is 11.1. The van der Waals surface area contributed by atoms with Gasteiger partial charge in [0, 0.05) is 37.5 Å². The van der Waals surface area contributed by atoms with E-state index >= 15 is 0 Å². The van der Waals surface area contributed by atoms with Crippen LogP contribution in [-0.2, 0) is 9.53 Å². The van der Waals surface area contributed by atoms with Crippen molar-refractivity contribution >= 4 is 18.0 Å². The molecule has 1 rings (SSSR count). The predicted octanol–water partition coefficient (Wildman–Crippen LogP) is 1.69. The van der Waals surface area contributed by atoms with Crippen LogP contribution in [0, 0.1) is 5.82 Å². The molecule has 0 aliphatic rings. The van der Waals surface area contributed by atoms with E-state index in [-0.39, 0.29) is 17.0 Å². The van der Waals surface area contributed by atoms with Crippen molar-refractivity contribution in [2.24, 2.45) is 0 Å². The molecule has 0 aromatic heterocycles. The molecule has 0 fully saturated rings. The molecule has 0 heterocycles. The summed E-state index contributed by atoms with van der Waals surface area (Å²) in [6.07, 6.45) is 2.64. The Hall–Kier alpha value is -2.21. The molecule has 1 aromatic rings. The molecule has 0 aliphatic carbocycles. The van der Waals surface area contributed by atoms with E-state index in [9.17, 15) is 14.0 Å². The number of halogens is 1. The lowest BCUT2D eigenvalue weighted by molar-refractivity contribution is -0.131. The van der Waals surface area contributed by atoms with Crippen molar-refractivity contribution < 1.29 is 23.8 Å². The van der Waals surface area contributed by atoms with Crippen molar-refractivity contribution in [1.82, 2.24) is 5.32 Å². The average molecular weight is 281 g/mol. The Morgan fingerprint density at radius 2 is 2.20 bits per heavy atom. The molecule has 0 saturated carbocycles. The third-order valence-electron chi connectivity index (χ3n) is 2.48. The number of methoxy groups -OCH3 is 1. The highest BCUT2D eigenvalue weighted by atomic mass is 19.1. The molecule has 0 unspecified atom stereocenters. The van der Waals surface area contributed by atoms with Crippen LogP contribution in [-0.4, -0.2) is 37.2 Å². The first-order chi connectivity index (χ1) is 9.54. The first-order valence-electron chi connectivity index (χ1n) is 6.02. The molecule has 0 aliphatic heterocycles. The van der Waals surface area contributed by atoms with E-state index in [0.717, 1.165) is 18.2 Å². The van der Waals surface area contributed by atoms with Gasteiger partial charge in [-0.1, -0.05) is 6.07 Å². The quantitative estimate of drug-likeness (QED) is 0.589. The lowest BCUT2D eigenvalue weighted by atomic mass is 10.1. The highest BCUT2D eigenvalue weighted by Crippen LogP contribution is 2.12. The van der Waals surface area contributed by atoms with Gasteiger partial charge >= 0.3 is 5.97 Å². The SMILES string of the molecule is COCCCNC(=O)c1ccc(C=CC(=O)O)c(F)c1. The van der Waals surface area contributed by atoms with Crippen LogP contribution in [0.15, 0.2) is 24.3 Å². The molecule has 1 aromatic carbocycles. The monoisotopic (exact) mass is 281 g/mol. The molecule has 0 spiro atoms. The minimum atomic E-state index is -1.16. The number of hydrogen-bond acceptors (Lipinski definition) is 3. The van der Waals surface area contributed by atoms with Gasteiger partial charge in [0.2, 0.25) is 0 Å². The lowest BCUT2D eigenvalue weighted by Gasteiger charge is -2.06. The minimum Gasteiger partial charge on any atom is -0.478 e. The molecule has 0 radical (unpaired) electrons. The van der Waals surface area contributed by atoms with E-state index in [0.29, 0.717) is 19.6 Å². The van der Waals surface area contributed by atoms with Crippen molar-refractivity contribution in [3.63, 3.8) is 0 Å². The molecule has 0 atom stereocenters. The number of carboxylic acid groups (broad SMARTS) is 1. The van der Waals surface area contributed by atoms with E-state index < -0.39 is 11.8 Å². The fourth-order valence-electron chi connectivity index (χ4n) is 1.49. The summed E-state index contributed by atoms with van der Waals surface area (Å²) in [5, 5.41) is 11.1. The summed E-state index contributed by atoms with van der Waals surface area (Å²) in [5.74, 6) is -2.19. The van der Waals surface area contributed by atoms with Gasteiger partial charge in [-0.15, -0.1) is 0 Å². The number of carbonyl (C=O) groups is 2. The molecule has 0 saturated heterocycles. The zero-order chi connectivity index (χ0) is 15.0. The maximum Gasteiger partial charge on any atom is 0.328 e. The standard InChI is InChI=1S/C14H16FNO4/c1-20-8-2-7-16-14(19)11-4-3-10(12(15)9-11)5-6-13(17)18/h3-6,9H,2,7-8H2,1H3,(H,16,19)(H,17,18). The van der Waals surface area contributed by atoms with E-state index in [4.69, 9.17) is 9.84 Å². The molecule has 5 nitrogen and oxygen atoms in total. The van der Waals surface area contributed by atoms with Gasteiger partial charge in [-0.2, -0.15) is 0 Å². The number of hydrogen-bond donors (Lipinski definition) is 2. The third kappa shape index (κ3) is 5.19. The van der Waals surface area contributed by atoms with Crippen LogP contribution in [0.2, 0.25) is 0 Å². The minimum absolute atomic E-state index is 0.114. The highest BCUT2D eigenvalue weighted by molar-refractivity contribution is 5.94. The van der Waals surface area contributed by atoms with Crippen LogP contribution in [0.3, 0.4) is 0 Å². The van der Waals surface area contributed by atoms with Gasteiger partial charge in [-0.3, -0.25) is 4.79 Å². The molecule has 108 valence electrons. The number of nitrogens with one attached hydrogen (secondary N) is 1. The third-order valence-corrected chi connectivity index (χ3v) is 2.48. The smallest absolute Gasteiger partial charge is 0.328 e. The number of ether oxygens (including phenoxy) is 1. The number of benzene rings is 1. The van der Waals surface area contributed by atoms with Crippen molar-refractivity contribution in [1.29, 1.82) is 0 Å². The van der Waals surface area contributed by atoms with Gasteiger partial charge in [-0.05, 0) is 24.6 Å². The van der Waals surface area contributed by atoms with Crippen molar-refractivity contribution in [3.05, 3.63) is 41.2 Å².